The van der Waals surface area contributed by atoms with Crippen molar-refractivity contribution < 1.29 is 28.5 Å². The summed E-state index contributed by atoms with van der Waals surface area (Å²) >= 11 is 0. The van der Waals surface area contributed by atoms with Gasteiger partial charge in [0.25, 0.3) is 0 Å². The molecule has 19 heavy (non-hydrogen) atoms. The van der Waals surface area contributed by atoms with Gasteiger partial charge in [-0.25, -0.2) is 4.79 Å². The predicted octanol–water partition coefficient (Wildman–Crippen LogP) is 0.997. The molecule has 0 aromatic heterocycles. The van der Waals surface area contributed by atoms with Crippen LogP contribution in [0, 0.1) is 0 Å². The van der Waals surface area contributed by atoms with Crippen LogP contribution in [0.15, 0.2) is 12.7 Å². The summed E-state index contributed by atoms with van der Waals surface area (Å²) in [5, 5.41) is 0. The van der Waals surface area contributed by atoms with Gasteiger partial charge in [-0.2, -0.15) is 0 Å². The van der Waals surface area contributed by atoms with E-state index in [1.807, 2.05) is 0 Å². The zero-order chi connectivity index (χ0) is 14.3. The third kappa shape index (κ3) is 2.18. The van der Waals surface area contributed by atoms with Crippen molar-refractivity contribution in [2.75, 3.05) is 14.2 Å². The third-order valence-corrected chi connectivity index (χ3v) is 3.39. The second kappa shape index (κ2) is 4.86. The van der Waals surface area contributed by atoms with Crippen molar-refractivity contribution in [2.24, 2.45) is 0 Å². The van der Waals surface area contributed by atoms with Crippen LogP contribution < -0.4 is 0 Å². The van der Waals surface area contributed by atoms with Gasteiger partial charge in [-0.3, -0.25) is 0 Å². The SMILES string of the molecule is C=CC[C@@]1(C(=O)OC)O[C@H](OC)[C@H]2OC(C)(C)O[C@H]21. The van der Waals surface area contributed by atoms with Crippen LogP contribution in [0.4, 0.5) is 0 Å². The molecule has 2 fully saturated rings. The smallest absolute Gasteiger partial charge is 0.341 e. The molecule has 108 valence electrons. The molecule has 4 atom stereocenters. The first kappa shape index (κ1) is 14.5. The van der Waals surface area contributed by atoms with Crippen LogP contribution in [0.3, 0.4) is 0 Å². The van der Waals surface area contributed by atoms with E-state index in [0.717, 1.165) is 0 Å². The van der Waals surface area contributed by atoms with Gasteiger partial charge < -0.3 is 23.7 Å². The number of carbonyl (C=O) groups is 1. The van der Waals surface area contributed by atoms with Gasteiger partial charge in [0.2, 0.25) is 5.60 Å². The summed E-state index contributed by atoms with van der Waals surface area (Å²) in [6.45, 7) is 7.23. The highest BCUT2D eigenvalue weighted by Gasteiger charge is 2.66. The van der Waals surface area contributed by atoms with Crippen molar-refractivity contribution >= 4 is 5.97 Å². The normalized spacial score (nSPS) is 39.9. The van der Waals surface area contributed by atoms with Crippen LogP contribution in [-0.4, -0.2) is 50.1 Å². The molecule has 0 radical (unpaired) electrons. The number of methoxy groups -OCH3 is 2. The fourth-order valence-electron chi connectivity index (χ4n) is 2.67. The van der Waals surface area contributed by atoms with Crippen molar-refractivity contribution in [3.8, 4) is 0 Å². The predicted molar refractivity (Wildman–Crippen MR) is 65.3 cm³/mol. The summed E-state index contributed by atoms with van der Waals surface area (Å²) in [6.07, 6.45) is 0.128. The van der Waals surface area contributed by atoms with E-state index in [2.05, 4.69) is 6.58 Å². The van der Waals surface area contributed by atoms with Crippen molar-refractivity contribution in [3.05, 3.63) is 12.7 Å². The summed E-state index contributed by atoms with van der Waals surface area (Å²) in [6, 6.07) is 0. The zero-order valence-electron chi connectivity index (χ0n) is 11.7. The van der Waals surface area contributed by atoms with Gasteiger partial charge in [-0.15, -0.1) is 6.58 Å². The molecule has 6 nitrogen and oxygen atoms in total. The number of rotatable bonds is 4. The Balaban J connectivity index is 2.38. The number of esters is 1. The number of hydrogen-bond donors (Lipinski definition) is 0. The number of ether oxygens (including phenoxy) is 5. The molecular formula is C13H20O6. The van der Waals surface area contributed by atoms with E-state index < -0.39 is 35.9 Å². The van der Waals surface area contributed by atoms with E-state index in [1.54, 1.807) is 19.9 Å². The molecule has 2 rings (SSSR count). The van der Waals surface area contributed by atoms with E-state index in [1.165, 1.54) is 14.2 Å². The minimum atomic E-state index is -1.27. The molecular weight excluding hydrogens is 252 g/mol. The van der Waals surface area contributed by atoms with Gasteiger partial charge in [0.05, 0.1) is 7.11 Å². The monoisotopic (exact) mass is 272 g/mol. The van der Waals surface area contributed by atoms with Crippen LogP contribution in [0.2, 0.25) is 0 Å². The lowest BCUT2D eigenvalue weighted by Gasteiger charge is -2.31. The highest BCUT2D eigenvalue weighted by molar-refractivity contribution is 5.81. The van der Waals surface area contributed by atoms with Crippen LogP contribution >= 0.6 is 0 Å². The average molecular weight is 272 g/mol. The summed E-state index contributed by atoms with van der Waals surface area (Å²) < 4.78 is 27.4. The summed E-state index contributed by atoms with van der Waals surface area (Å²) in [5.41, 5.74) is -1.27. The molecule has 0 amide bonds. The number of hydrogen-bond acceptors (Lipinski definition) is 6. The van der Waals surface area contributed by atoms with E-state index in [0.29, 0.717) is 0 Å². The average Bonchev–Trinajstić information content (AvgIpc) is 2.82. The first-order valence-corrected chi connectivity index (χ1v) is 6.16. The van der Waals surface area contributed by atoms with Crippen molar-refractivity contribution in [3.63, 3.8) is 0 Å². The minimum Gasteiger partial charge on any atom is -0.467 e. The second-order valence-corrected chi connectivity index (χ2v) is 5.12. The highest BCUT2D eigenvalue weighted by Crippen LogP contribution is 2.46. The van der Waals surface area contributed by atoms with Crippen molar-refractivity contribution in [1.29, 1.82) is 0 Å². The minimum absolute atomic E-state index is 0.264. The molecule has 6 heteroatoms. The highest BCUT2D eigenvalue weighted by atomic mass is 16.8. The lowest BCUT2D eigenvalue weighted by molar-refractivity contribution is -0.251. The van der Waals surface area contributed by atoms with Gasteiger partial charge in [-0.1, -0.05) is 6.08 Å². The van der Waals surface area contributed by atoms with E-state index in [9.17, 15) is 4.79 Å². The number of fused-ring (bicyclic) bond motifs is 1. The second-order valence-electron chi connectivity index (χ2n) is 5.12. The molecule has 2 aliphatic heterocycles. The Bertz CT molecular complexity index is 379. The molecule has 0 bridgehead atoms. The summed E-state index contributed by atoms with van der Waals surface area (Å²) in [5.74, 6) is -1.31. The van der Waals surface area contributed by atoms with Crippen molar-refractivity contribution in [2.45, 2.75) is 50.2 Å². The van der Waals surface area contributed by atoms with Crippen LogP contribution in [0.5, 0.6) is 0 Å². The van der Waals surface area contributed by atoms with Crippen LogP contribution in [-0.2, 0) is 28.5 Å². The largest absolute Gasteiger partial charge is 0.467 e. The van der Waals surface area contributed by atoms with Gasteiger partial charge in [0.1, 0.15) is 12.2 Å². The molecule has 2 saturated heterocycles. The van der Waals surface area contributed by atoms with Gasteiger partial charge in [-0.05, 0) is 13.8 Å². The first-order chi connectivity index (χ1) is 8.90. The summed E-state index contributed by atoms with van der Waals surface area (Å²) in [4.78, 5) is 12.2. The first-order valence-electron chi connectivity index (χ1n) is 6.16. The van der Waals surface area contributed by atoms with Crippen molar-refractivity contribution in [1.82, 2.24) is 0 Å². The Kier molecular flexibility index (Phi) is 3.70. The molecule has 0 aliphatic carbocycles. The molecule has 2 heterocycles. The molecule has 0 unspecified atom stereocenters. The number of carbonyl (C=O) groups excluding carboxylic acids is 1. The van der Waals surface area contributed by atoms with Gasteiger partial charge >= 0.3 is 5.97 Å². The standard InChI is InChI=1S/C13H20O6/c1-6-7-13(11(14)16-5)9-8(10(15-4)19-13)17-12(2,3)18-9/h6,8-10H,1,7H2,2-5H3/t8-,9+,10-,13+/m0/s1. The molecule has 2 aliphatic rings. The van der Waals surface area contributed by atoms with Gasteiger partial charge in [0, 0.05) is 13.5 Å². The molecule has 0 aromatic carbocycles. The summed E-state index contributed by atoms with van der Waals surface area (Å²) in [7, 11) is 2.81. The Hall–Kier alpha value is -0.950. The maximum atomic E-state index is 12.2. The molecule has 0 N–H and O–H groups in total. The fraction of sp³-hybridized carbons (Fsp3) is 0.769. The zero-order valence-corrected chi connectivity index (χ0v) is 11.7. The fourth-order valence-corrected chi connectivity index (χ4v) is 2.67. The van der Waals surface area contributed by atoms with Crippen LogP contribution in [0.25, 0.3) is 0 Å². The Morgan fingerprint density at radius 3 is 2.53 bits per heavy atom. The quantitative estimate of drug-likeness (QED) is 0.562. The molecule has 0 aromatic rings. The maximum Gasteiger partial charge on any atom is 0.341 e. The lowest BCUT2D eigenvalue weighted by Crippen LogP contribution is -2.50. The lowest BCUT2D eigenvalue weighted by atomic mass is 9.91. The molecule has 0 spiro atoms. The Morgan fingerprint density at radius 2 is 2.00 bits per heavy atom. The van der Waals surface area contributed by atoms with Crippen LogP contribution in [0.1, 0.15) is 20.3 Å². The molecule has 0 saturated carbocycles. The topological polar surface area (TPSA) is 63.2 Å². The Labute approximate surface area is 112 Å². The Morgan fingerprint density at radius 1 is 1.32 bits per heavy atom. The van der Waals surface area contributed by atoms with E-state index >= 15 is 0 Å². The third-order valence-electron chi connectivity index (χ3n) is 3.39. The van der Waals surface area contributed by atoms with Gasteiger partial charge in [0.15, 0.2) is 12.1 Å². The van der Waals surface area contributed by atoms with E-state index in [4.69, 9.17) is 23.7 Å². The maximum absolute atomic E-state index is 12.2. The van der Waals surface area contributed by atoms with E-state index in [-0.39, 0.29) is 6.42 Å².